The van der Waals surface area contributed by atoms with Crippen LogP contribution in [0.2, 0.25) is 0 Å². The first-order valence-corrected chi connectivity index (χ1v) is 14.6. The highest BCUT2D eigenvalue weighted by Crippen LogP contribution is 2.43. The molecule has 1 aromatic heterocycles. The Hall–Kier alpha value is -3.13. The van der Waals surface area contributed by atoms with Crippen molar-refractivity contribution in [2.45, 2.75) is 62.7 Å². The topological polar surface area (TPSA) is 95.3 Å². The van der Waals surface area contributed by atoms with Gasteiger partial charge < -0.3 is 14.9 Å². The van der Waals surface area contributed by atoms with Crippen molar-refractivity contribution in [2.75, 3.05) is 17.8 Å². The zero-order valence-electron chi connectivity index (χ0n) is 20.4. The van der Waals surface area contributed by atoms with E-state index in [0.29, 0.717) is 17.3 Å². The van der Waals surface area contributed by atoms with Gasteiger partial charge in [-0.25, -0.2) is 8.42 Å². The van der Waals surface area contributed by atoms with Gasteiger partial charge in [-0.1, -0.05) is 18.2 Å². The molecule has 188 valence electrons. The second kappa shape index (κ2) is 9.07. The van der Waals surface area contributed by atoms with Gasteiger partial charge in [-0.2, -0.15) is 0 Å². The van der Waals surface area contributed by atoms with Gasteiger partial charge in [0.05, 0.1) is 16.5 Å². The number of piperidine rings is 1. The zero-order chi connectivity index (χ0) is 24.9. The standard InChI is InChI=1S/C28H32N4O3S/c29-18-25-24-14-9-20(28(33)31-15-2-1-3-16-31)17-26(24)32(22-5-4-6-22)27(25)19-7-10-21(11-8-19)30-36(34,35)23-12-13-23/h7-11,14,17-18,22-23,29-30H,1-6,12-13,15-16H2. The van der Waals surface area contributed by atoms with E-state index in [2.05, 4.69) is 9.29 Å². The van der Waals surface area contributed by atoms with Crippen LogP contribution in [-0.2, 0) is 10.0 Å². The van der Waals surface area contributed by atoms with Gasteiger partial charge in [0.15, 0.2) is 0 Å². The van der Waals surface area contributed by atoms with Crippen molar-refractivity contribution in [3.8, 4) is 11.3 Å². The van der Waals surface area contributed by atoms with Crippen LogP contribution in [0.5, 0.6) is 0 Å². The predicted octanol–water partition coefficient (Wildman–Crippen LogP) is 5.56. The van der Waals surface area contributed by atoms with Crippen LogP contribution in [0.3, 0.4) is 0 Å². The molecule has 7 nitrogen and oxygen atoms in total. The quantitative estimate of drug-likeness (QED) is 0.412. The van der Waals surface area contributed by atoms with Crippen LogP contribution in [0.4, 0.5) is 5.69 Å². The molecule has 0 spiro atoms. The summed E-state index contributed by atoms with van der Waals surface area (Å²) in [5.74, 6) is 0.0863. The minimum atomic E-state index is -3.32. The lowest BCUT2D eigenvalue weighted by Gasteiger charge is -2.30. The molecule has 2 saturated carbocycles. The van der Waals surface area contributed by atoms with Crippen LogP contribution in [0.25, 0.3) is 22.2 Å². The summed E-state index contributed by atoms with van der Waals surface area (Å²) in [6.07, 6.45) is 9.44. The molecule has 3 aromatic rings. The van der Waals surface area contributed by atoms with Crippen molar-refractivity contribution in [3.63, 3.8) is 0 Å². The lowest BCUT2D eigenvalue weighted by Crippen LogP contribution is -2.35. The van der Waals surface area contributed by atoms with Crippen LogP contribution in [0.1, 0.15) is 73.3 Å². The average molecular weight is 505 g/mol. The highest BCUT2D eigenvalue weighted by Gasteiger charge is 2.35. The molecule has 1 aliphatic heterocycles. The number of anilines is 1. The van der Waals surface area contributed by atoms with Gasteiger partial charge >= 0.3 is 0 Å². The van der Waals surface area contributed by atoms with Crippen LogP contribution in [0.15, 0.2) is 42.5 Å². The Balaban J connectivity index is 1.42. The largest absolute Gasteiger partial charge is 0.339 e. The van der Waals surface area contributed by atoms with Crippen molar-refractivity contribution < 1.29 is 13.2 Å². The summed E-state index contributed by atoms with van der Waals surface area (Å²) in [5.41, 5.74) is 4.99. The fourth-order valence-electron chi connectivity index (χ4n) is 5.54. The third-order valence-electron chi connectivity index (χ3n) is 7.90. The van der Waals surface area contributed by atoms with Crippen molar-refractivity contribution in [2.24, 2.45) is 0 Å². The van der Waals surface area contributed by atoms with E-state index in [-0.39, 0.29) is 11.2 Å². The van der Waals surface area contributed by atoms with Gasteiger partial charge in [0.2, 0.25) is 10.0 Å². The van der Waals surface area contributed by atoms with E-state index < -0.39 is 10.0 Å². The molecule has 2 heterocycles. The lowest BCUT2D eigenvalue weighted by atomic mass is 9.92. The highest BCUT2D eigenvalue weighted by atomic mass is 32.2. The monoisotopic (exact) mass is 504 g/mol. The molecule has 2 aromatic carbocycles. The summed E-state index contributed by atoms with van der Waals surface area (Å²) in [4.78, 5) is 15.2. The molecular weight excluding hydrogens is 472 g/mol. The number of rotatable bonds is 7. The van der Waals surface area contributed by atoms with E-state index in [1.54, 1.807) is 12.1 Å². The Morgan fingerprint density at radius 3 is 2.28 bits per heavy atom. The minimum Gasteiger partial charge on any atom is -0.339 e. The van der Waals surface area contributed by atoms with E-state index in [4.69, 9.17) is 5.41 Å². The molecule has 6 rings (SSSR count). The zero-order valence-corrected chi connectivity index (χ0v) is 21.2. The summed E-state index contributed by atoms with van der Waals surface area (Å²) >= 11 is 0. The number of hydrogen-bond acceptors (Lipinski definition) is 4. The van der Waals surface area contributed by atoms with Crippen LogP contribution in [0, 0.1) is 5.41 Å². The van der Waals surface area contributed by atoms with Crippen LogP contribution < -0.4 is 4.72 Å². The molecule has 0 radical (unpaired) electrons. The van der Waals surface area contributed by atoms with E-state index in [9.17, 15) is 13.2 Å². The first-order valence-electron chi connectivity index (χ1n) is 13.1. The van der Waals surface area contributed by atoms with Crippen LogP contribution in [-0.4, -0.2) is 48.3 Å². The van der Waals surface area contributed by atoms with Gasteiger partial charge in [0.25, 0.3) is 5.91 Å². The second-order valence-corrected chi connectivity index (χ2v) is 12.3. The third-order valence-corrected chi connectivity index (χ3v) is 9.77. The maximum Gasteiger partial charge on any atom is 0.253 e. The Morgan fingerprint density at radius 2 is 1.67 bits per heavy atom. The maximum atomic E-state index is 13.3. The molecule has 0 bridgehead atoms. The molecular formula is C28H32N4O3S. The molecule has 36 heavy (non-hydrogen) atoms. The number of fused-ring (bicyclic) bond motifs is 1. The minimum absolute atomic E-state index is 0.0863. The number of nitrogens with one attached hydrogen (secondary N) is 2. The van der Waals surface area contributed by atoms with Gasteiger partial charge in [-0.3, -0.25) is 9.52 Å². The van der Waals surface area contributed by atoms with Gasteiger partial charge in [0.1, 0.15) is 0 Å². The molecule has 2 N–H and O–H groups in total. The Labute approximate surface area is 212 Å². The number of carbonyl (C=O) groups excluding carboxylic acids is 1. The molecule has 2 aliphatic carbocycles. The number of sulfonamides is 1. The summed E-state index contributed by atoms with van der Waals surface area (Å²) in [7, 11) is -3.32. The number of aromatic nitrogens is 1. The third kappa shape index (κ3) is 4.11. The van der Waals surface area contributed by atoms with E-state index in [1.165, 1.54) is 12.6 Å². The van der Waals surface area contributed by atoms with E-state index in [0.717, 1.165) is 85.8 Å². The van der Waals surface area contributed by atoms with Gasteiger partial charge in [0, 0.05) is 47.5 Å². The summed E-state index contributed by atoms with van der Waals surface area (Å²) in [5, 5.41) is 8.95. The SMILES string of the molecule is N=Cc1c(-c2ccc(NS(=O)(=O)C3CC3)cc2)n(C2CCC2)c2cc(C(=O)N3CCCCC3)ccc12. The van der Waals surface area contributed by atoms with Crippen molar-refractivity contribution in [1.82, 2.24) is 9.47 Å². The number of carbonyl (C=O) groups is 1. The van der Waals surface area contributed by atoms with Gasteiger partial charge in [-0.05, 0) is 81.2 Å². The summed E-state index contributed by atoms with van der Waals surface area (Å²) in [6.45, 7) is 1.63. The normalized spacial score (nSPS) is 18.7. The fraction of sp³-hybridized carbons (Fsp3) is 0.429. The second-order valence-electron chi connectivity index (χ2n) is 10.4. The smallest absolute Gasteiger partial charge is 0.253 e. The Kier molecular flexibility index (Phi) is 5.86. The Morgan fingerprint density at radius 1 is 0.944 bits per heavy atom. The van der Waals surface area contributed by atoms with Crippen LogP contribution >= 0.6 is 0 Å². The molecule has 3 aliphatic rings. The molecule has 1 amide bonds. The number of likely N-dealkylation sites (tertiary alicyclic amines) is 1. The fourth-order valence-corrected chi connectivity index (χ4v) is 6.92. The maximum absolute atomic E-state index is 13.3. The molecule has 0 unspecified atom stereocenters. The van der Waals surface area contributed by atoms with Crippen molar-refractivity contribution >= 4 is 38.7 Å². The first kappa shape index (κ1) is 23.3. The molecule has 0 atom stereocenters. The summed E-state index contributed by atoms with van der Waals surface area (Å²) < 4.78 is 29.7. The highest BCUT2D eigenvalue weighted by molar-refractivity contribution is 7.93. The molecule has 1 saturated heterocycles. The number of amides is 1. The molecule has 8 heteroatoms. The average Bonchev–Trinajstić information content (AvgIpc) is 3.68. The molecule has 3 fully saturated rings. The van der Waals surface area contributed by atoms with E-state index in [1.807, 2.05) is 35.2 Å². The van der Waals surface area contributed by atoms with E-state index >= 15 is 0 Å². The number of hydrogen-bond donors (Lipinski definition) is 2. The number of benzene rings is 2. The summed E-state index contributed by atoms with van der Waals surface area (Å²) in [6, 6.07) is 13.7. The van der Waals surface area contributed by atoms with Crippen molar-refractivity contribution in [3.05, 3.63) is 53.6 Å². The van der Waals surface area contributed by atoms with Crippen molar-refractivity contribution in [1.29, 1.82) is 5.41 Å². The predicted molar refractivity (Wildman–Crippen MR) is 143 cm³/mol. The lowest BCUT2D eigenvalue weighted by molar-refractivity contribution is 0.0724. The number of nitrogens with zero attached hydrogens (tertiary/aromatic N) is 2. The van der Waals surface area contributed by atoms with Gasteiger partial charge in [-0.15, -0.1) is 0 Å². The Bertz CT molecular complexity index is 1430. The first-order chi connectivity index (χ1) is 17.5.